The molecule has 15 heavy (non-hydrogen) atoms. The number of hydrogen-bond acceptors (Lipinski definition) is 1. The molecule has 1 unspecified atom stereocenters. The van der Waals surface area contributed by atoms with E-state index in [1.54, 1.807) is 0 Å². The lowest BCUT2D eigenvalue weighted by atomic mass is 10.0. The van der Waals surface area contributed by atoms with E-state index in [1.165, 1.54) is 14.0 Å². The Hall–Kier alpha value is -1.10. The van der Waals surface area contributed by atoms with Crippen LogP contribution in [0.4, 0.5) is 17.6 Å². The summed E-state index contributed by atoms with van der Waals surface area (Å²) in [5.41, 5.74) is -1.05. The predicted molar refractivity (Wildman–Crippen MR) is 46.8 cm³/mol. The zero-order chi connectivity index (χ0) is 11.6. The van der Waals surface area contributed by atoms with E-state index in [9.17, 15) is 17.6 Å². The number of halogens is 4. The highest BCUT2D eigenvalue weighted by atomic mass is 19.4. The summed E-state index contributed by atoms with van der Waals surface area (Å²) in [6.07, 6.45) is -5.29. The van der Waals surface area contributed by atoms with Crippen LogP contribution in [0, 0.1) is 5.82 Å². The molecule has 0 N–H and O–H groups in total. The number of methoxy groups -OCH3 is 1. The standard InChI is InChI=1S/C10H10F4O/c1-6(15-2)8-4-3-7(11)5-9(8)10(12,13)14/h3-6H,1-2H3. The van der Waals surface area contributed by atoms with Gasteiger partial charge in [-0.05, 0) is 24.6 Å². The molecule has 0 heterocycles. The predicted octanol–water partition coefficient (Wildman–Crippen LogP) is 3.55. The quantitative estimate of drug-likeness (QED) is 0.695. The van der Waals surface area contributed by atoms with Crippen molar-refractivity contribution in [1.29, 1.82) is 0 Å². The Balaban J connectivity index is 3.27. The van der Waals surface area contributed by atoms with Gasteiger partial charge in [0.2, 0.25) is 0 Å². The molecular formula is C10H10F4O. The average Bonchev–Trinajstić information content (AvgIpc) is 2.15. The maximum atomic E-state index is 12.7. The fourth-order valence-corrected chi connectivity index (χ4v) is 1.26. The molecule has 0 bridgehead atoms. The highest BCUT2D eigenvalue weighted by molar-refractivity contribution is 5.32. The Labute approximate surface area is 84.7 Å². The van der Waals surface area contributed by atoms with Gasteiger partial charge in [-0.2, -0.15) is 13.2 Å². The summed E-state index contributed by atoms with van der Waals surface area (Å²) in [6, 6.07) is 2.55. The van der Waals surface area contributed by atoms with Crippen molar-refractivity contribution in [2.75, 3.05) is 7.11 Å². The average molecular weight is 222 g/mol. The first kappa shape index (κ1) is 12.0. The fourth-order valence-electron chi connectivity index (χ4n) is 1.26. The van der Waals surface area contributed by atoms with Crippen LogP contribution in [0.15, 0.2) is 18.2 Å². The third-order valence-electron chi connectivity index (χ3n) is 2.11. The topological polar surface area (TPSA) is 9.23 Å². The van der Waals surface area contributed by atoms with E-state index in [-0.39, 0.29) is 5.56 Å². The molecule has 84 valence electrons. The number of ether oxygens (including phenoxy) is 1. The molecule has 5 heteroatoms. The van der Waals surface area contributed by atoms with E-state index in [1.807, 2.05) is 0 Å². The van der Waals surface area contributed by atoms with Gasteiger partial charge in [0.05, 0.1) is 11.7 Å². The highest BCUT2D eigenvalue weighted by Gasteiger charge is 2.34. The van der Waals surface area contributed by atoms with E-state index in [4.69, 9.17) is 4.74 Å². The molecule has 1 aromatic rings. The van der Waals surface area contributed by atoms with Crippen molar-refractivity contribution in [2.45, 2.75) is 19.2 Å². The van der Waals surface area contributed by atoms with Gasteiger partial charge in [0, 0.05) is 7.11 Å². The first-order valence-corrected chi connectivity index (χ1v) is 4.25. The maximum absolute atomic E-state index is 12.7. The molecule has 0 amide bonds. The van der Waals surface area contributed by atoms with Crippen LogP contribution < -0.4 is 0 Å². The van der Waals surface area contributed by atoms with Gasteiger partial charge >= 0.3 is 6.18 Å². The zero-order valence-corrected chi connectivity index (χ0v) is 8.23. The Morgan fingerprint density at radius 2 is 1.87 bits per heavy atom. The van der Waals surface area contributed by atoms with Crippen LogP contribution in [0.5, 0.6) is 0 Å². The van der Waals surface area contributed by atoms with E-state index >= 15 is 0 Å². The second-order valence-electron chi connectivity index (χ2n) is 3.11. The molecule has 0 fully saturated rings. The third-order valence-corrected chi connectivity index (χ3v) is 2.11. The van der Waals surface area contributed by atoms with Crippen LogP contribution in [0.1, 0.15) is 24.2 Å². The summed E-state index contributed by atoms with van der Waals surface area (Å²) in [6.45, 7) is 1.47. The molecule has 0 aromatic heterocycles. The Kier molecular flexibility index (Phi) is 3.34. The molecule has 0 saturated heterocycles. The number of benzene rings is 1. The van der Waals surface area contributed by atoms with Gasteiger partial charge in [-0.25, -0.2) is 4.39 Å². The fraction of sp³-hybridized carbons (Fsp3) is 0.400. The summed E-state index contributed by atoms with van der Waals surface area (Å²) in [7, 11) is 1.30. The van der Waals surface area contributed by atoms with Gasteiger partial charge in [0.1, 0.15) is 5.82 Å². The smallest absolute Gasteiger partial charge is 0.377 e. The Morgan fingerprint density at radius 1 is 1.27 bits per heavy atom. The molecule has 0 aliphatic rings. The summed E-state index contributed by atoms with van der Waals surface area (Å²) in [5.74, 6) is -0.908. The van der Waals surface area contributed by atoms with Crippen molar-refractivity contribution in [3.63, 3.8) is 0 Å². The normalized spacial score (nSPS) is 14.0. The number of rotatable bonds is 2. The van der Waals surface area contributed by atoms with Crippen molar-refractivity contribution in [1.82, 2.24) is 0 Å². The largest absolute Gasteiger partial charge is 0.416 e. The minimum atomic E-state index is -4.57. The van der Waals surface area contributed by atoms with Crippen molar-refractivity contribution in [3.05, 3.63) is 35.1 Å². The van der Waals surface area contributed by atoms with E-state index in [0.717, 1.165) is 12.1 Å². The van der Waals surface area contributed by atoms with Crippen LogP contribution in [0.2, 0.25) is 0 Å². The van der Waals surface area contributed by atoms with Gasteiger partial charge in [0.15, 0.2) is 0 Å². The summed E-state index contributed by atoms with van der Waals surface area (Å²) < 4.78 is 55.0. The van der Waals surface area contributed by atoms with Crippen molar-refractivity contribution < 1.29 is 22.3 Å². The lowest BCUT2D eigenvalue weighted by molar-refractivity contribution is -0.139. The minimum Gasteiger partial charge on any atom is -0.377 e. The number of alkyl halides is 3. The monoisotopic (exact) mass is 222 g/mol. The Bertz CT molecular complexity index is 346. The van der Waals surface area contributed by atoms with E-state index < -0.39 is 23.7 Å². The highest BCUT2D eigenvalue weighted by Crippen LogP contribution is 2.35. The van der Waals surface area contributed by atoms with E-state index in [2.05, 4.69) is 0 Å². The molecule has 0 aliphatic heterocycles. The van der Waals surface area contributed by atoms with Gasteiger partial charge in [-0.3, -0.25) is 0 Å². The SMILES string of the molecule is COC(C)c1ccc(F)cc1C(F)(F)F. The molecule has 0 spiro atoms. The van der Waals surface area contributed by atoms with Crippen molar-refractivity contribution in [3.8, 4) is 0 Å². The molecule has 0 saturated carbocycles. The molecule has 0 radical (unpaired) electrons. The lowest BCUT2D eigenvalue weighted by Crippen LogP contribution is -2.12. The zero-order valence-electron chi connectivity index (χ0n) is 8.23. The minimum absolute atomic E-state index is 0.0635. The van der Waals surface area contributed by atoms with Crippen LogP contribution >= 0.6 is 0 Å². The van der Waals surface area contributed by atoms with Gasteiger partial charge in [-0.1, -0.05) is 6.07 Å². The second kappa shape index (κ2) is 4.18. The maximum Gasteiger partial charge on any atom is 0.416 e. The van der Waals surface area contributed by atoms with Crippen LogP contribution in [-0.4, -0.2) is 7.11 Å². The van der Waals surface area contributed by atoms with Gasteiger partial charge in [0.25, 0.3) is 0 Å². The molecule has 1 nitrogen and oxygen atoms in total. The first-order valence-electron chi connectivity index (χ1n) is 4.25. The Morgan fingerprint density at radius 3 is 2.33 bits per heavy atom. The summed E-state index contributed by atoms with van der Waals surface area (Å²) in [5, 5.41) is 0. The second-order valence-corrected chi connectivity index (χ2v) is 3.11. The van der Waals surface area contributed by atoms with Crippen molar-refractivity contribution in [2.24, 2.45) is 0 Å². The molecule has 1 atom stereocenters. The summed E-state index contributed by atoms with van der Waals surface area (Å²) >= 11 is 0. The van der Waals surface area contributed by atoms with Gasteiger partial charge in [-0.15, -0.1) is 0 Å². The van der Waals surface area contributed by atoms with Crippen LogP contribution in [0.25, 0.3) is 0 Å². The molecular weight excluding hydrogens is 212 g/mol. The summed E-state index contributed by atoms with van der Waals surface area (Å²) in [4.78, 5) is 0. The third kappa shape index (κ3) is 2.68. The molecule has 1 rings (SSSR count). The van der Waals surface area contributed by atoms with Crippen molar-refractivity contribution >= 4 is 0 Å². The lowest BCUT2D eigenvalue weighted by Gasteiger charge is -2.17. The van der Waals surface area contributed by atoms with Gasteiger partial charge < -0.3 is 4.74 Å². The molecule has 0 aliphatic carbocycles. The molecule has 1 aromatic carbocycles. The van der Waals surface area contributed by atoms with Crippen LogP contribution in [-0.2, 0) is 10.9 Å². The first-order chi connectivity index (χ1) is 6.86. The van der Waals surface area contributed by atoms with E-state index in [0.29, 0.717) is 6.07 Å². The van der Waals surface area contributed by atoms with Crippen LogP contribution in [0.3, 0.4) is 0 Å². The number of hydrogen-bond donors (Lipinski definition) is 0.